The SMILES string of the molecule is COn1nnnc1[N-][N+](=O)[O-]. The summed E-state index contributed by atoms with van der Waals surface area (Å²) >= 11 is 0. The van der Waals surface area contributed by atoms with Crippen LogP contribution in [0.25, 0.3) is 5.43 Å². The number of hydrogen-bond acceptors (Lipinski definition) is 6. The second-order valence-corrected chi connectivity index (χ2v) is 1.37. The van der Waals surface area contributed by atoms with Gasteiger partial charge in [-0.2, -0.15) is 0 Å². The summed E-state index contributed by atoms with van der Waals surface area (Å²) in [5.74, 6) is -0.308. The molecule has 1 rings (SSSR count). The second kappa shape index (κ2) is 2.77. The van der Waals surface area contributed by atoms with Gasteiger partial charge in [-0.1, -0.05) is 10.6 Å². The van der Waals surface area contributed by atoms with Gasteiger partial charge in [-0.3, -0.25) is 0 Å². The van der Waals surface area contributed by atoms with E-state index in [1.165, 1.54) is 7.11 Å². The average molecular weight is 159 g/mol. The first-order valence-electron chi connectivity index (χ1n) is 2.43. The molecule has 1 aromatic heterocycles. The third-order valence-corrected chi connectivity index (χ3v) is 0.771. The molecular weight excluding hydrogens is 156 g/mol. The van der Waals surface area contributed by atoms with Crippen LogP contribution in [-0.2, 0) is 0 Å². The van der Waals surface area contributed by atoms with Gasteiger partial charge in [0.1, 0.15) is 5.03 Å². The summed E-state index contributed by atoms with van der Waals surface area (Å²) in [4.78, 5) is 15.0. The molecular formula is C2H3N6O3-. The van der Waals surface area contributed by atoms with Gasteiger partial charge >= 0.3 is 0 Å². The molecule has 0 fully saturated rings. The largest absolute Gasteiger partial charge is 0.452 e. The Kier molecular flexibility index (Phi) is 1.81. The van der Waals surface area contributed by atoms with Crippen LogP contribution in [-0.4, -0.2) is 32.5 Å². The number of tetrazole rings is 1. The van der Waals surface area contributed by atoms with Crippen LogP contribution in [0.2, 0.25) is 0 Å². The summed E-state index contributed by atoms with van der Waals surface area (Å²) < 4.78 is 0. The number of aromatic nitrogens is 4. The number of nitro groups is 1. The molecule has 11 heavy (non-hydrogen) atoms. The van der Waals surface area contributed by atoms with Crippen molar-refractivity contribution in [3.8, 4) is 0 Å². The van der Waals surface area contributed by atoms with Crippen LogP contribution < -0.4 is 4.84 Å². The third kappa shape index (κ3) is 1.50. The van der Waals surface area contributed by atoms with Gasteiger partial charge in [-0.15, -0.1) is 10.1 Å². The van der Waals surface area contributed by atoms with E-state index in [1.807, 2.05) is 0 Å². The molecule has 0 aliphatic rings. The normalized spacial score (nSPS) is 9.18. The van der Waals surface area contributed by atoms with Crippen molar-refractivity contribution in [2.24, 2.45) is 0 Å². The number of rotatable bonds is 3. The van der Waals surface area contributed by atoms with Gasteiger partial charge in [0, 0.05) is 0 Å². The van der Waals surface area contributed by atoms with Gasteiger partial charge in [0.15, 0.2) is 5.95 Å². The third-order valence-electron chi connectivity index (χ3n) is 0.771. The van der Waals surface area contributed by atoms with Crippen LogP contribution in [0.1, 0.15) is 0 Å². The summed E-state index contributed by atoms with van der Waals surface area (Å²) in [5.41, 5.74) is 2.81. The molecule has 0 N–H and O–H groups in total. The Balaban J connectivity index is 2.76. The van der Waals surface area contributed by atoms with Crippen molar-refractivity contribution in [1.29, 1.82) is 0 Å². The van der Waals surface area contributed by atoms with E-state index < -0.39 is 5.03 Å². The zero-order chi connectivity index (χ0) is 8.27. The highest BCUT2D eigenvalue weighted by molar-refractivity contribution is 5.21. The fourth-order valence-electron chi connectivity index (χ4n) is 0.424. The second-order valence-electron chi connectivity index (χ2n) is 1.37. The van der Waals surface area contributed by atoms with Crippen molar-refractivity contribution in [2.45, 2.75) is 0 Å². The van der Waals surface area contributed by atoms with Crippen LogP contribution in [0.5, 0.6) is 0 Å². The van der Waals surface area contributed by atoms with Gasteiger partial charge in [0.2, 0.25) is 0 Å². The van der Waals surface area contributed by atoms with Gasteiger partial charge in [0.25, 0.3) is 0 Å². The predicted octanol–water partition coefficient (Wildman–Crippen LogP) is -1.07. The van der Waals surface area contributed by atoms with Crippen LogP contribution in [0, 0.1) is 10.1 Å². The summed E-state index contributed by atoms with van der Waals surface area (Å²) in [6.45, 7) is 0. The minimum absolute atomic E-state index is 0.308. The van der Waals surface area contributed by atoms with Gasteiger partial charge < -0.3 is 4.84 Å². The molecule has 9 heteroatoms. The Bertz CT molecular complexity index is 256. The molecule has 1 heterocycles. The van der Waals surface area contributed by atoms with Crippen molar-refractivity contribution in [2.75, 3.05) is 7.11 Å². The number of nitrogens with zero attached hydrogens (tertiary/aromatic N) is 6. The minimum atomic E-state index is -0.915. The zero-order valence-electron chi connectivity index (χ0n) is 5.41. The average Bonchev–Trinajstić information content (AvgIpc) is 2.34. The van der Waals surface area contributed by atoms with E-state index in [4.69, 9.17) is 0 Å². The highest BCUT2D eigenvalue weighted by Gasteiger charge is 1.99. The molecule has 0 saturated heterocycles. The summed E-state index contributed by atoms with van der Waals surface area (Å²) in [5, 5.41) is 18.4. The minimum Gasteiger partial charge on any atom is -0.452 e. The van der Waals surface area contributed by atoms with Gasteiger partial charge in [-0.25, -0.2) is 15.2 Å². The predicted molar refractivity (Wildman–Crippen MR) is 30.3 cm³/mol. The van der Waals surface area contributed by atoms with Crippen molar-refractivity contribution < 1.29 is 9.87 Å². The van der Waals surface area contributed by atoms with Crippen LogP contribution in [0.15, 0.2) is 0 Å². The maximum absolute atomic E-state index is 9.81. The Morgan fingerprint density at radius 3 is 3.09 bits per heavy atom. The van der Waals surface area contributed by atoms with Crippen molar-refractivity contribution in [3.05, 3.63) is 15.5 Å². The molecule has 0 aliphatic heterocycles. The first kappa shape index (κ1) is 7.18. The van der Waals surface area contributed by atoms with E-state index in [0.29, 0.717) is 0 Å². The maximum Gasteiger partial charge on any atom is 0.164 e. The Labute approximate surface area is 60.0 Å². The van der Waals surface area contributed by atoms with E-state index >= 15 is 0 Å². The monoisotopic (exact) mass is 159 g/mol. The molecule has 0 spiro atoms. The first-order valence-corrected chi connectivity index (χ1v) is 2.43. The maximum atomic E-state index is 9.81. The Hall–Kier alpha value is -1.93. The lowest BCUT2D eigenvalue weighted by atomic mass is 11.1. The summed E-state index contributed by atoms with van der Waals surface area (Å²) in [6, 6.07) is 0. The summed E-state index contributed by atoms with van der Waals surface area (Å²) in [7, 11) is 1.26. The molecule has 0 bridgehead atoms. The Morgan fingerprint density at radius 2 is 2.55 bits per heavy atom. The van der Waals surface area contributed by atoms with Crippen molar-refractivity contribution in [3.63, 3.8) is 0 Å². The lowest BCUT2D eigenvalue weighted by Crippen LogP contribution is -2.08. The lowest BCUT2D eigenvalue weighted by molar-refractivity contribution is -0.420. The smallest absolute Gasteiger partial charge is 0.164 e. The van der Waals surface area contributed by atoms with E-state index in [2.05, 4.69) is 25.8 Å². The number of hydrogen-bond donors (Lipinski definition) is 0. The molecule has 60 valence electrons. The molecule has 0 amide bonds. The molecule has 0 aromatic carbocycles. The van der Waals surface area contributed by atoms with Crippen LogP contribution in [0.3, 0.4) is 0 Å². The van der Waals surface area contributed by atoms with Gasteiger partial charge in [0.05, 0.1) is 7.11 Å². The topological polar surface area (TPSA) is 110 Å². The van der Waals surface area contributed by atoms with Crippen molar-refractivity contribution in [1.82, 2.24) is 20.4 Å². The highest BCUT2D eigenvalue weighted by Crippen LogP contribution is 2.08. The first-order chi connectivity index (χ1) is 5.24. The molecule has 9 nitrogen and oxygen atoms in total. The lowest BCUT2D eigenvalue weighted by Gasteiger charge is -2.04. The van der Waals surface area contributed by atoms with E-state index in [-0.39, 0.29) is 5.95 Å². The Morgan fingerprint density at radius 1 is 1.82 bits per heavy atom. The van der Waals surface area contributed by atoms with Gasteiger partial charge in [-0.05, 0) is 0 Å². The standard InChI is InChI=1S/C2H3N6O3/c1-11-7-2(3-5-6-7)4-8(9)10/h1H3/q-1. The molecule has 0 saturated carbocycles. The molecule has 1 aromatic rings. The molecule has 0 aliphatic carbocycles. The zero-order valence-corrected chi connectivity index (χ0v) is 5.41. The van der Waals surface area contributed by atoms with E-state index in [0.717, 1.165) is 4.85 Å². The van der Waals surface area contributed by atoms with Crippen LogP contribution in [0.4, 0.5) is 5.95 Å². The fraction of sp³-hybridized carbons (Fsp3) is 0.500. The van der Waals surface area contributed by atoms with E-state index in [1.54, 1.807) is 0 Å². The van der Waals surface area contributed by atoms with Crippen LogP contribution >= 0.6 is 0 Å². The summed E-state index contributed by atoms with van der Waals surface area (Å²) in [6.07, 6.45) is 0. The molecule has 0 atom stereocenters. The van der Waals surface area contributed by atoms with E-state index in [9.17, 15) is 10.1 Å². The van der Waals surface area contributed by atoms with Crippen molar-refractivity contribution >= 4 is 5.95 Å². The molecule has 0 unspecified atom stereocenters. The highest BCUT2D eigenvalue weighted by atomic mass is 16.7. The molecule has 0 radical (unpaired) electrons. The quantitative estimate of drug-likeness (QED) is 0.410. The fourth-order valence-corrected chi connectivity index (χ4v) is 0.424.